The number of H-pyrrole nitrogens is 1. The van der Waals surface area contributed by atoms with E-state index in [1.54, 1.807) is 0 Å². The summed E-state index contributed by atoms with van der Waals surface area (Å²) >= 11 is 1.36. The molecule has 0 aliphatic rings. The van der Waals surface area contributed by atoms with E-state index >= 15 is 0 Å². The molecule has 2 heterocycles. The van der Waals surface area contributed by atoms with E-state index in [9.17, 15) is 9.59 Å². The molecular weight excluding hydrogens is 410 g/mol. The fourth-order valence-electron chi connectivity index (χ4n) is 3.24. The number of benzene rings is 2. The molecule has 4 rings (SSSR count). The Morgan fingerprint density at radius 1 is 1.03 bits per heavy atom. The Morgan fingerprint density at radius 3 is 2.48 bits per heavy atom. The minimum atomic E-state index is -0.270. The lowest BCUT2D eigenvalue weighted by molar-refractivity contribution is -0.119. The van der Waals surface area contributed by atoms with Crippen molar-refractivity contribution in [2.45, 2.75) is 19.9 Å². The van der Waals surface area contributed by atoms with E-state index in [-0.39, 0.29) is 17.9 Å². The van der Waals surface area contributed by atoms with Gasteiger partial charge in [-0.3, -0.25) is 20.0 Å². The highest BCUT2D eigenvalue weighted by Gasteiger charge is 2.17. The smallest absolute Gasteiger partial charge is 0.261 e. The fourth-order valence-corrected chi connectivity index (χ4v) is 3.96. The fraction of sp³-hybridized carbons (Fsp3) is 0.130. The number of carbonyl (C=O) groups excluding carboxylic acids is 2. The zero-order valence-corrected chi connectivity index (χ0v) is 17.9. The molecule has 0 radical (unpaired) electrons. The van der Waals surface area contributed by atoms with Gasteiger partial charge in [0.15, 0.2) is 5.13 Å². The van der Waals surface area contributed by atoms with Crippen molar-refractivity contribution in [1.82, 2.24) is 20.5 Å². The van der Waals surface area contributed by atoms with Crippen LogP contribution in [0.3, 0.4) is 0 Å². The van der Waals surface area contributed by atoms with Crippen molar-refractivity contribution in [2.24, 2.45) is 0 Å². The number of amides is 2. The van der Waals surface area contributed by atoms with E-state index in [0.717, 1.165) is 22.4 Å². The van der Waals surface area contributed by atoms with Crippen molar-refractivity contribution >= 4 is 28.3 Å². The molecule has 0 fully saturated rings. The van der Waals surface area contributed by atoms with Crippen LogP contribution in [0.2, 0.25) is 0 Å². The highest BCUT2D eigenvalue weighted by atomic mass is 32.1. The first-order valence-electron chi connectivity index (χ1n) is 9.74. The van der Waals surface area contributed by atoms with Crippen molar-refractivity contribution < 1.29 is 9.59 Å². The molecule has 0 spiro atoms. The molecule has 156 valence electrons. The number of aromatic nitrogens is 3. The third-order valence-electron chi connectivity index (χ3n) is 4.80. The molecule has 2 aromatic carbocycles. The molecule has 3 N–H and O–H groups in total. The number of thiazole rings is 1. The van der Waals surface area contributed by atoms with Gasteiger partial charge in [0.1, 0.15) is 0 Å². The van der Waals surface area contributed by atoms with Gasteiger partial charge in [0, 0.05) is 23.4 Å². The van der Waals surface area contributed by atoms with Gasteiger partial charge in [0.2, 0.25) is 5.91 Å². The lowest BCUT2D eigenvalue weighted by Crippen LogP contribution is -2.23. The largest absolute Gasteiger partial charge is 0.350 e. The first-order chi connectivity index (χ1) is 15.0. The number of hydrogen-bond acceptors (Lipinski definition) is 5. The van der Waals surface area contributed by atoms with Crippen LogP contribution >= 0.6 is 11.3 Å². The lowest BCUT2D eigenvalue weighted by Gasteiger charge is -2.13. The quantitative estimate of drug-likeness (QED) is 0.414. The number of nitrogens with one attached hydrogen (secondary N) is 3. The molecule has 0 saturated heterocycles. The summed E-state index contributed by atoms with van der Waals surface area (Å²) in [7, 11) is 0. The van der Waals surface area contributed by atoms with E-state index < -0.39 is 0 Å². The third kappa shape index (κ3) is 4.70. The van der Waals surface area contributed by atoms with Gasteiger partial charge in [0.05, 0.1) is 29.2 Å². The first kappa shape index (κ1) is 20.5. The number of rotatable bonds is 6. The van der Waals surface area contributed by atoms with Crippen molar-refractivity contribution in [2.75, 3.05) is 5.32 Å². The zero-order chi connectivity index (χ0) is 21.8. The Morgan fingerprint density at radius 2 is 1.77 bits per heavy atom. The summed E-state index contributed by atoms with van der Waals surface area (Å²) in [6.07, 6.45) is 1.52. The molecular formula is C23H21N5O2S. The Balaban J connectivity index is 1.47. The highest BCUT2D eigenvalue weighted by Crippen LogP contribution is 2.27. The van der Waals surface area contributed by atoms with Crippen LogP contribution in [0.5, 0.6) is 0 Å². The summed E-state index contributed by atoms with van der Waals surface area (Å²) in [5.74, 6) is -0.336. The van der Waals surface area contributed by atoms with Crippen LogP contribution in [0.1, 0.15) is 35.8 Å². The molecule has 1 atom stereocenters. The first-order valence-corrected chi connectivity index (χ1v) is 10.6. The second-order valence-electron chi connectivity index (χ2n) is 7.06. The summed E-state index contributed by atoms with van der Waals surface area (Å²) in [5.41, 5.74) is 4.73. The zero-order valence-electron chi connectivity index (χ0n) is 17.0. The number of anilines is 1. The molecule has 8 heteroatoms. The van der Waals surface area contributed by atoms with Gasteiger partial charge in [-0.1, -0.05) is 54.6 Å². The summed E-state index contributed by atoms with van der Waals surface area (Å²) < 4.78 is 0. The summed E-state index contributed by atoms with van der Waals surface area (Å²) in [5, 5.41) is 15.0. The van der Waals surface area contributed by atoms with E-state index in [1.165, 1.54) is 24.5 Å². The highest BCUT2D eigenvalue weighted by molar-refractivity contribution is 7.14. The van der Waals surface area contributed by atoms with Gasteiger partial charge < -0.3 is 5.32 Å². The summed E-state index contributed by atoms with van der Waals surface area (Å²) in [6.45, 7) is 3.44. The van der Waals surface area contributed by atoms with Gasteiger partial charge in [0.25, 0.3) is 5.91 Å². The van der Waals surface area contributed by atoms with Crippen LogP contribution in [0.15, 0.2) is 66.2 Å². The second kappa shape index (κ2) is 8.93. The Bertz CT molecular complexity index is 1200. The molecule has 0 bridgehead atoms. The van der Waals surface area contributed by atoms with Crippen LogP contribution in [-0.4, -0.2) is 27.0 Å². The average molecular weight is 432 g/mol. The number of carbonyl (C=O) groups is 2. The SMILES string of the molecule is CC(=O)NC(C)c1ccc(-c2csc(NC(=O)c3cn[nH]c3-c3ccccc3)n2)cc1. The predicted molar refractivity (Wildman–Crippen MR) is 122 cm³/mol. The third-order valence-corrected chi connectivity index (χ3v) is 5.56. The van der Waals surface area contributed by atoms with E-state index in [4.69, 9.17) is 0 Å². The minimum absolute atomic E-state index is 0.0643. The van der Waals surface area contributed by atoms with Gasteiger partial charge in [-0.05, 0) is 12.5 Å². The van der Waals surface area contributed by atoms with Gasteiger partial charge >= 0.3 is 0 Å². The molecule has 2 amide bonds. The Labute approximate surface area is 183 Å². The molecule has 0 aliphatic carbocycles. The van der Waals surface area contributed by atoms with Crippen LogP contribution in [0, 0.1) is 0 Å². The number of hydrogen-bond donors (Lipinski definition) is 3. The molecule has 4 aromatic rings. The maximum absolute atomic E-state index is 12.8. The standard InChI is InChI=1S/C23H21N5O2S/c1-14(25-15(2)29)16-8-10-17(11-9-16)20-13-31-23(26-20)27-22(30)19-12-24-28-21(19)18-6-4-3-5-7-18/h3-14H,1-2H3,(H,24,28)(H,25,29)(H,26,27,30). The second-order valence-corrected chi connectivity index (χ2v) is 7.92. The van der Waals surface area contributed by atoms with Crippen molar-refractivity contribution in [3.05, 3.63) is 77.3 Å². The average Bonchev–Trinajstić information content (AvgIpc) is 3.44. The van der Waals surface area contributed by atoms with E-state index in [2.05, 4.69) is 25.8 Å². The van der Waals surface area contributed by atoms with Crippen molar-refractivity contribution in [3.63, 3.8) is 0 Å². The van der Waals surface area contributed by atoms with E-state index in [1.807, 2.05) is 66.9 Å². The lowest BCUT2D eigenvalue weighted by atomic mass is 10.1. The summed E-state index contributed by atoms with van der Waals surface area (Å²) in [6, 6.07) is 17.4. The maximum atomic E-state index is 12.8. The van der Waals surface area contributed by atoms with Crippen molar-refractivity contribution in [1.29, 1.82) is 0 Å². The maximum Gasteiger partial charge on any atom is 0.261 e. The Kier molecular flexibility index (Phi) is 5.90. The summed E-state index contributed by atoms with van der Waals surface area (Å²) in [4.78, 5) is 28.6. The van der Waals surface area contributed by atoms with Gasteiger partial charge in [-0.15, -0.1) is 11.3 Å². The molecule has 1 unspecified atom stereocenters. The van der Waals surface area contributed by atoms with Gasteiger partial charge in [-0.2, -0.15) is 5.10 Å². The van der Waals surface area contributed by atoms with E-state index in [0.29, 0.717) is 16.4 Å². The molecule has 0 saturated carbocycles. The van der Waals surface area contributed by atoms with Crippen LogP contribution < -0.4 is 10.6 Å². The van der Waals surface area contributed by atoms with Crippen LogP contribution in [-0.2, 0) is 4.79 Å². The topological polar surface area (TPSA) is 99.8 Å². The molecule has 31 heavy (non-hydrogen) atoms. The normalized spacial score (nSPS) is 11.7. The molecule has 2 aromatic heterocycles. The Hall–Kier alpha value is -3.78. The monoisotopic (exact) mass is 431 g/mol. The van der Waals surface area contributed by atoms with Crippen LogP contribution in [0.4, 0.5) is 5.13 Å². The minimum Gasteiger partial charge on any atom is -0.350 e. The number of aromatic amines is 1. The van der Waals surface area contributed by atoms with Gasteiger partial charge in [-0.25, -0.2) is 4.98 Å². The molecule has 7 nitrogen and oxygen atoms in total. The molecule has 0 aliphatic heterocycles. The number of nitrogens with zero attached hydrogens (tertiary/aromatic N) is 2. The van der Waals surface area contributed by atoms with Crippen LogP contribution in [0.25, 0.3) is 22.5 Å². The van der Waals surface area contributed by atoms with Crippen molar-refractivity contribution in [3.8, 4) is 22.5 Å². The predicted octanol–water partition coefficient (Wildman–Crippen LogP) is 4.65.